The van der Waals surface area contributed by atoms with Crippen molar-refractivity contribution in [3.8, 4) is 11.5 Å². The molecule has 0 saturated heterocycles. The van der Waals surface area contributed by atoms with Crippen molar-refractivity contribution in [2.24, 2.45) is 0 Å². The molecule has 5 heteroatoms. The first-order chi connectivity index (χ1) is 14.2. The van der Waals surface area contributed by atoms with Gasteiger partial charge in [-0.1, -0.05) is 36.4 Å². The molecule has 0 bridgehead atoms. The molecule has 0 aromatic heterocycles. The maximum atomic E-state index is 12.2. The van der Waals surface area contributed by atoms with Gasteiger partial charge in [0.05, 0.1) is 19.8 Å². The van der Waals surface area contributed by atoms with Gasteiger partial charge in [-0.3, -0.25) is 4.79 Å². The van der Waals surface area contributed by atoms with Gasteiger partial charge < -0.3 is 20.1 Å². The SMILES string of the molecule is CCOc1cccc(NCC(=O)Nc2ccc(OCCc3ccccc3)cc2)c1. The van der Waals surface area contributed by atoms with Gasteiger partial charge in [0.25, 0.3) is 0 Å². The molecule has 0 aliphatic rings. The van der Waals surface area contributed by atoms with Crippen molar-refractivity contribution in [3.63, 3.8) is 0 Å². The Bertz CT molecular complexity index is 896. The van der Waals surface area contributed by atoms with Gasteiger partial charge in [-0.2, -0.15) is 0 Å². The summed E-state index contributed by atoms with van der Waals surface area (Å²) in [5.74, 6) is 1.44. The van der Waals surface area contributed by atoms with Gasteiger partial charge in [-0.15, -0.1) is 0 Å². The van der Waals surface area contributed by atoms with Gasteiger partial charge in [0.2, 0.25) is 5.91 Å². The largest absolute Gasteiger partial charge is 0.494 e. The summed E-state index contributed by atoms with van der Waals surface area (Å²) in [6.07, 6.45) is 0.857. The van der Waals surface area contributed by atoms with Crippen LogP contribution >= 0.6 is 0 Å². The van der Waals surface area contributed by atoms with Gasteiger partial charge in [-0.05, 0) is 48.9 Å². The third kappa shape index (κ3) is 6.88. The van der Waals surface area contributed by atoms with E-state index in [0.717, 1.165) is 29.3 Å². The predicted molar refractivity (Wildman–Crippen MR) is 117 cm³/mol. The second kappa shape index (κ2) is 10.8. The molecule has 29 heavy (non-hydrogen) atoms. The Kier molecular flexibility index (Phi) is 7.52. The van der Waals surface area contributed by atoms with E-state index in [-0.39, 0.29) is 12.5 Å². The van der Waals surface area contributed by atoms with Crippen LogP contribution < -0.4 is 20.1 Å². The van der Waals surface area contributed by atoms with Crippen LogP contribution in [0.25, 0.3) is 0 Å². The number of anilines is 2. The average Bonchev–Trinajstić information content (AvgIpc) is 2.75. The van der Waals surface area contributed by atoms with Gasteiger partial charge in [-0.25, -0.2) is 0 Å². The molecule has 3 aromatic rings. The first kappa shape index (κ1) is 20.3. The summed E-state index contributed by atoms with van der Waals surface area (Å²) in [6.45, 7) is 3.33. The molecule has 0 aliphatic carbocycles. The van der Waals surface area contributed by atoms with Crippen LogP contribution in [0.5, 0.6) is 11.5 Å². The monoisotopic (exact) mass is 390 g/mol. The number of hydrogen-bond acceptors (Lipinski definition) is 4. The van der Waals surface area contributed by atoms with Crippen molar-refractivity contribution in [1.82, 2.24) is 0 Å². The average molecular weight is 390 g/mol. The van der Waals surface area contributed by atoms with E-state index in [1.54, 1.807) is 0 Å². The van der Waals surface area contributed by atoms with Gasteiger partial charge in [0.15, 0.2) is 0 Å². The molecule has 2 N–H and O–H groups in total. The summed E-state index contributed by atoms with van der Waals surface area (Å²) < 4.78 is 11.2. The standard InChI is InChI=1S/C24H26N2O3/c1-2-28-23-10-6-9-21(17-23)25-18-24(27)26-20-11-13-22(14-12-20)29-16-15-19-7-4-3-5-8-19/h3-14,17,25H,2,15-16,18H2,1H3,(H,26,27). The van der Waals surface area contributed by atoms with E-state index in [0.29, 0.717) is 13.2 Å². The Hall–Kier alpha value is -3.47. The highest BCUT2D eigenvalue weighted by Gasteiger charge is 2.04. The summed E-state index contributed by atoms with van der Waals surface area (Å²) >= 11 is 0. The minimum Gasteiger partial charge on any atom is -0.494 e. The van der Waals surface area contributed by atoms with Crippen molar-refractivity contribution in [1.29, 1.82) is 0 Å². The minimum absolute atomic E-state index is 0.121. The van der Waals surface area contributed by atoms with Crippen LogP contribution in [0, 0.1) is 0 Å². The van der Waals surface area contributed by atoms with E-state index in [4.69, 9.17) is 9.47 Å². The van der Waals surface area contributed by atoms with Gasteiger partial charge in [0.1, 0.15) is 11.5 Å². The highest BCUT2D eigenvalue weighted by atomic mass is 16.5. The lowest BCUT2D eigenvalue weighted by molar-refractivity contribution is -0.114. The van der Waals surface area contributed by atoms with Crippen LogP contribution in [0.15, 0.2) is 78.9 Å². The van der Waals surface area contributed by atoms with Crippen molar-refractivity contribution in [2.75, 3.05) is 30.4 Å². The Morgan fingerprint density at radius 3 is 2.38 bits per heavy atom. The summed E-state index contributed by atoms with van der Waals surface area (Å²) in [4.78, 5) is 12.2. The molecule has 0 fully saturated rings. The van der Waals surface area contributed by atoms with Crippen LogP contribution in [0.3, 0.4) is 0 Å². The number of ether oxygens (including phenoxy) is 2. The highest BCUT2D eigenvalue weighted by molar-refractivity contribution is 5.93. The summed E-state index contributed by atoms with van der Waals surface area (Å²) in [7, 11) is 0. The second-order valence-electron chi connectivity index (χ2n) is 6.47. The first-order valence-corrected chi connectivity index (χ1v) is 9.76. The molecule has 0 spiro atoms. The third-order valence-electron chi connectivity index (χ3n) is 4.24. The smallest absolute Gasteiger partial charge is 0.243 e. The zero-order valence-corrected chi connectivity index (χ0v) is 16.6. The maximum Gasteiger partial charge on any atom is 0.243 e. The number of carbonyl (C=O) groups excluding carboxylic acids is 1. The number of hydrogen-bond donors (Lipinski definition) is 2. The second-order valence-corrected chi connectivity index (χ2v) is 6.47. The van der Waals surface area contributed by atoms with Gasteiger partial charge in [0, 0.05) is 23.9 Å². The molecule has 150 valence electrons. The quantitative estimate of drug-likeness (QED) is 0.524. The highest BCUT2D eigenvalue weighted by Crippen LogP contribution is 2.18. The predicted octanol–water partition coefficient (Wildman–Crippen LogP) is 4.76. The third-order valence-corrected chi connectivity index (χ3v) is 4.24. The number of nitrogens with one attached hydrogen (secondary N) is 2. The molecule has 0 unspecified atom stereocenters. The molecule has 0 heterocycles. The van der Waals surface area contributed by atoms with Gasteiger partial charge >= 0.3 is 0 Å². The van der Waals surface area contributed by atoms with Crippen LogP contribution in [-0.2, 0) is 11.2 Å². The molecule has 0 radical (unpaired) electrons. The van der Waals surface area contributed by atoms with E-state index in [2.05, 4.69) is 22.8 Å². The lowest BCUT2D eigenvalue weighted by atomic mass is 10.2. The molecule has 0 saturated carbocycles. The van der Waals surface area contributed by atoms with Crippen LogP contribution in [0.1, 0.15) is 12.5 Å². The minimum atomic E-state index is -0.121. The Morgan fingerprint density at radius 1 is 0.828 bits per heavy atom. The molecular formula is C24H26N2O3. The van der Waals surface area contributed by atoms with Crippen molar-refractivity contribution in [3.05, 3.63) is 84.4 Å². The van der Waals surface area contributed by atoms with Crippen molar-refractivity contribution >= 4 is 17.3 Å². The fraction of sp³-hybridized carbons (Fsp3) is 0.208. The Morgan fingerprint density at radius 2 is 1.62 bits per heavy atom. The number of rotatable bonds is 10. The van der Waals surface area contributed by atoms with E-state index >= 15 is 0 Å². The van der Waals surface area contributed by atoms with Crippen molar-refractivity contribution in [2.45, 2.75) is 13.3 Å². The zero-order chi connectivity index (χ0) is 20.3. The molecular weight excluding hydrogens is 364 g/mol. The lowest BCUT2D eigenvalue weighted by Gasteiger charge is -2.10. The zero-order valence-electron chi connectivity index (χ0n) is 16.6. The Balaban J connectivity index is 1.41. The fourth-order valence-electron chi connectivity index (χ4n) is 2.82. The molecule has 3 aromatic carbocycles. The fourth-order valence-corrected chi connectivity index (χ4v) is 2.82. The van der Waals surface area contributed by atoms with Crippen LogP contribution in [-0.4, -0.2) is 25.7 Å². The lowest BCUT2D eigenvalue weighted by Crippen LogP contribution is -2.21. The topological polar surface area (TPSA) is 59.6 Å². The van der Waals surface area contributed by atoms with Crippen LogP contribution in [0.2, 0.25) is 0 Å². The summed E-state index contributed by atoms with van der Waals surface area (Å²) in [6, 6.07) is 25.2. The number of carbonyl (C=O) groups is 1. The Labute approximate surface area is 171 Å². The van der Waals surface area contributed by atoms with E-state index in [1.807, 2.05) is 73.7 Å². The van der Waals surface area contributed by atoms with Crippen molar-refractivity contribution < 1.29 is 14.3 Å². The molecule has 0 atom stereocenters. The van der Waals surface area contributed by atoms with E-state index < -0.39 is 0 Å². The molecule has 5 nitrogen and oxygen atoms in total. The maximum absolute atomic E-state index is 12.2. The summed E-state index contributed by atoms with van der Waals surface area (Å²) in [5, 5.41) is 5.97. The molecule has 1 amide bonds. The summed E-state index contributed by atoms with van der Waals surface area (Å²) in [5.41, 5.74) is 2.82. The van der Waals surface area contributed by atoms with E-state index in [1.165, 1.54) is 5.56 Å². The normalized spacial score (nSPS) is 10.2. The number of benzene rings is 3. The first-order valence-electron chi connectivity index (χ1n) is 9.76. The van der Waals surface area contributed by atoms with Crippen LogP contribution in [0.4, 0.5) is 11.4 Å². The number of amides is 1. The van der Waals surface area contributed by atoms with E-state index in [9.17, 15) is 4.79 Å². The molecule has 0 aliphatic heterocycles. The molecule has 3 rings (SSSR count).